The van der Waals surface area contributed by atoms with Gasteiger partial charge in [-0.05, 0) is 13.0 Å². The number of nitrogens with one attached hydrogen (secondary N) is 2. The van der Waals surface area contributed by atoms with Crippen LogP contribution in [0.25, 0.3) is 0 Å². The number of thiazole rings is 1. The molecule has 1 fully saturated rings. The molecule has 3 aromatic rings. The Morgan fingerprint density at radius 1 is 1.08 bits per heavy atom. The van der Waals surface area contributed by atoms with Gasteiger partial charge in [-0.3, -0.25) is 14.4 Å². The number of pyridine rings is 1. The number of carbonyl (C=O) groups is 3. The number of carbonyl (C=O) groups excluding carboxylic acids is 3. The van der Waals surface area contributed by atoms with Gasteiger partial charge in [-0.15, -0.1) is 11.3 Å². The Morgan fingerprint density at radius 2 is 1.81 bits per heavy atom. The maximum absolute atomic E-state index is 13.0. The zero-order valence-corrected chi connectivity index (χ0v) is 20.7. The molecule has 1 atom stereocenters. The van der Waals surface area contributed by atoms with Crippen molar-refractivity contribution in [1.82, 2.24) is 25.3 Å². The highest BCUT2D eigenvalue weighted by atomic mass is 35.5. The van der Waals surface area contributed by atoms with Crippen LogP contribution in [-0.4, -0.2) is 50.6 Å². The summed E-state index contributed by atoms with van der Waals surface area (Å²) in [6.45, 7) is 2.69. The predicted octanol–water partition coefficient (Wildman–Crippen LogP) is 3.91. The summed E-state index contributed by atoms with van der Waals surface area (Å²) >= 11 is 6.51. The summed E-state index contributed by atoms with van der Waals surface area (Å²) in [5, 5.41) is 4.84. The Morgan fingerprint density at radius 3 is 2.51 bits per heavy atom. The highest BCUT2D eigenvalue weighted by molar-refractivity contribution is 7.13. The molecule has 0 unspecified atom stereocenters. The normalized spacial score (nSPS) is 14.8. The van der Waals surface area contributed by atoms with Gasteiger partial charge in [0, 0.05) is 38.2 Å². The molecule has 1 saturated heterocycles. The standard InChI is InChI=1S/C22H19ClF3N7O3S/c1-11(31-19(35)15-7-18(30-10-29-15)33-4-2-12(34)3-5-33)21-28-9-16(37-21)20(36)32-17-6-13(22(24,25)26)14(23)8-27-17/h6-11H,2-5H2,1H3,(H,31,35)(H,27,32,36)/t11-/m1/s1. The maximum Gasteiger partial charge on any atom is 0.418 e. The summed E-state index contributed by atoms with van der Waals surface area (Å²) in [6.07, 6.45) is -0.549. The van der Waals surface area contributed by atoms with Crippen molar-refractivity contribution in [2.45, 2.75) is 32.0 Å². The third-order valence-electron chi connectivity index (χ3n) is 5.40. The van der Waals surface area contributed by atoms with Gasteiger partial charge >= 0.3 is 6.18 Å². The van der Waals surface area contributed by atoms with E-state index in [1.807, 2.05) is 4.90 Å². The van der Waals surface area contributed by atoms with Crippen LogP contribution in [-0.2, 0) is 11.0 Å². The van der Waals surface area contributed by atoms with E-state index in [4.69, 9.17) is 11.6 Å². The molecule has 0 bridgehead atoms. The second kappa shape index (κ2) is 10.8. The molecular formula is C22H19ClF3N7O3S. The highest BCUT2D eigenvalue weighted by Gasteiger charge is 2.34. The monoisotopic (exact) mass is 553 g/mol. The van der Waals surface area contributed by atoms with Gasteiger partial charge in [0.15, 0.2) is 0 Å². The number of rotatable bonds is 6. The molecule has 0 radical (unpaired) electrons. The number of nitrogens with zero attached hydrogens (tertiary/aromatic N) is 5. The highest BCUT2D eigenvalue weighted by Crippen LogP contribution is 2.35. The van der Waals surface area contributed by atoms with Crippen molar-refractivity contribution >= 4 is 52.2 Å². The number of hydrogen-bond donors (Lipinski definition) is 2. The smallest absolute Gasteiger partial charge is 0.356 e. The summed E-state index contributed by atoms with van der Waals surface area (Å²) in [4.78, 5) is 54.8. The van der Waals surface area contributed by atoms with E-state index in [0.29, 0.717) is 42.8 Å². The van der Waals surface area contributed by atoms with E-state index in [9.17, 15) is 27.6 Å². The number of Topliss-reactive ketones (excluding diaryl/α,β-unsaturated/α-hetero) is 1. The van der Waals surface area contributed by atoms with Crippen LogP contribution >= 0.6 is 22.9 Å². The molecule has 4 heterocycles. The second-order valence-electron chi connectivity index (χ2n) is 8.05. The molecule has 2 N–H and O–H groups in total. The SMILES string of the molecule is C[C@@H](NC(=O)c1cc(N2CCC(=O)CC2)ncn1)c1ncc(C(=O)Nc2cc(C(F)(F)F)c(Cl)cn2)s1. The van der Waals surface area contributed by atoms with Gasteiger partial charge in [-0.25, -0.2) is 19.9 Å². The molecule has 0 spiro atoms. The van der Waals surface area contributed by atoms with Crippen molar-refractivity contribution in [3.8, 4) is 0 Å². The minimum absolute atomic E-state index is 0.102. The first-order valence-corrected chi connectivity index (χ1v) is 12.1. The number of piperidine rings is 1. The summed E-state index contributed by atoms with van der Waals surface area (Å²) in [7, 11) is 0. The average molecular weight is 554 g/mol. The molecule has 194 valence electrons. The molecule has 0 aromatic carbocycles. The van der Waals surface area contributed by atoms with Crippen LogP contribution in [0.2, 0.25) is 5.02 Å². The molecular weight excluding hydrogens is 535 g/mol. The van der Waals surface area contributed by atoms with Crippen molar-refractivity contribution < 1.29 is 27.6 Å². The van der Waals surface area contributed by atoms with E-state index in [1.165, 1.54) is 18.6 Å². The summed E-state index contributed by atoms with van der Waals surface area (Å²) in [5.74, 6) is -0.807. The number of aromatic nitrogens is 4. The second-order valence-corrected chi connectivity index (χ2v) is 9.52. The number of amides is 2. The lowest BCUT2D eigenvalue weighted by Gasteiger charge is -2.27. The lowest BCUT2D eigenvalue weighted by atomic mass is 10.1. The van der Waals surface area contributed by atoms with Gasteiger partial charge < -0.3 is 15.5 Å². The van der Waals surface area contributed by atoms with E-state index >= 15 is 0 Å². The predicted molar refractivity (Wildman–Crippen MR) is 129 cm³/mol. The summed E-state index contributed by atoms with van der Waals surface area (Å²) < 4.78 is 39.1. The van der Waals surface area contributed by atoms with E-state index < -0.39 is 34.6 Å². The molecule has 10 nitrogen and oxygen atoms in total. The fraction of sp³-hybridized carbons (Fsp3) is 0.318. The van der Waals surface area contributed by atoms with Gasteiger partial charge in [0.25, 0.3) is 11.8 Å². The molecule has 3 aromatic heterocycles. The fourth-order valence-corrected chi connectivity index (χ4v) is 4.48. The van der Waals surface area contributed by atoms with Crippen LogP contribution in [0.5, 0.6) is 0 Å². The van der Waals surface area contributed by atoms with Gasteiger partial charge in [-0.2, -0.15) is 13.2 Å². The van der Waals surface area contributed by atoms with Gasteiger partial charge in [0.2, 0.25) is 0 Å². The van der Waals surface area contributed by atoms with Crippen LogP contribution in [0.4, 0.5) is 24.8 Å². The van der Waals surface area contributed by atoms with Crippen LogP contribution in [0, 0.1) is 0 Å². The topological polar surface area (TPSA) is 130 Å². The molecule has 15 heteroatoms. The minimum Gasteiger partial charge on any atom is -0.356 e. The number of hydrogen-bond acceptors (Lipinski definition) is 9. The van der Waals surface area contributed by atoms with Crippen LogP contribution in [0.3, 0.4) is 0 Å². The van der Waals surface area contributed by atoms with E-state index in [1.54, 1.807) is 6.92 Å². The Kier molecular flexibility index (Phi) is 7.68. The first-order chi connectivity index (χ1) is 17.5. The number of alkyl halides is 3. The van der Waals surface area contributed by atoms with Crippen molar-refractivity contribution in [3.63, 3.8) is 0 Å². The van der Waals surface area contributed by atoms with Crippen LogP contribution in [0.1, 0.15) is 56.5 Å². The Balaban J connectivity index is 1.39. The molecule has 0 saturated carbocycles. The zero-order chi connectivity index (χ0) is 26.7. The zero-order valence-electron chi connectivity index (χ0n) is 19.2. The Labute approximate surface area is 217 Å². The summed E-state index contributed by atoms with van der Waals surface area (Å²) in [6, 6.07) is 1.57. The Hall–Kier alpha value is -3.65. The third kappa shape index (κ3) is 6.38. The maximum atomic E-state index is 13.0. The molecule has 0 aliphatic carbocycles. The largest absolute Gasteiger partial charge is 0.418 e. The van der Waals surface area contributed by atoms with Gasteiger partial charge in [0.1, 0.15) is 39.3 Å². The molecule has 2 amide bonds. The molecule has 37 heavy (non-hydrogen) atoms. The first kappa shape index (κ1) is 26.4. The lowest BCUT2D eigenvalue weighted by Crippen LogP contribution is -2.35. The average Bonchev–Trinajstić information content (AvgIpc) is 3.36. The van der Waals surface area contributed by atoms with E-state index in [-0.39, 0.29) is 22.2 Å². The molecule has 1 aliphatic heterocycles. The van der Waals surface area contributed by atoms with Crippen molar-refractivity contribution in [3.05, 3.63) is 57.0 Å². The van der Waals surface area contributed by atoms with E-state index in [2.05, 4.69) is 30.6 Å². The lowest BCUT2D eigenvalue weighted by molar-refractivity contribution is -0.137. The molecule has 1 aliphatic rings. The van der Waals surface area contributed by atoms with Crippen molar-refractivity contribution in [2.75, 3.05) is 23.3 Å². The minimum atomic E-state index is -4.71. The van der Waals surface area contributed by atoms with Gasteiger partial charge in [-0.1, -0.05) is 11.6 Å². The number of ketones is 1. The first-order valence-electron chi connectivity index (χ1n) is 10.9. The van der Waals surface area contributed by atoms with Crippen LogP contribution in [0.15, 0.2) is 30.9 Å². The third-order valence-corrected chi connectivity index (χ3v) is 6.88. The van der Waals surface area contributed by atoms with E-state index in [0.717, 1.165) is 17.5 Å². The quantitative estimate of drug-likeness (QED) is 0.470. The van der Waals surface area contributed by atoms with Crippen LogP contribution < -0.4 is 15.5 Å². The fourth-order valence-electron chi connectivity index (χ4n) is 3.46. The number of anilines is 2. The summed E-state index contributed by atoms with van der Waals surface area (Å²) in [5.41, 5.74) is -1.000. The molecule has 4 rings (SSSR count). The van der Waals surface area contributed by atoms with Gasteiger partial charge in [0.05, 0.1) is 22.8 Å². The van der Waals surface area contributed by atoms with Crippen molar-refractivity contribution in [1.29, 1.82) is 0 Å². The Bertz CT molecular complexity index is 1340. The number of halogens is 4. The van der Waals surface area contributed by atoms with Crippen molar-refractivity contribution in [2.24, 2.45) is 0 Å².